The molecule has 1 fully saturated rings. The Morgan fingerprint density at radius 3 is 2.67 bits per heavy atom. The van der Waals surface area contributed by atoms with Gasteiger partial charge in [-0.05, 0) is 31.0 Å². The fourth-order valence-corrected chi connectivity index (χ4v) is 2.29. The lowest BCUT2D eigenvalue weighted by Gasteiger charge is -2.31. The molecule has 2 rings (SSSR count). The second-order valence-corrected chi connectivity index (χ2v) is 4.75. The number of nitrogens with one attached hydrogen (secondary N) is 1. The topological polar surface area (TPSA) is 24.5 Å². The summed E-state index contributed by atoms with van der Waals surface area (Å²) in [6.07, 6.45) is 1.12. The molecular formula is C14H23ClN2O. The van der Waals surface area contributed by atoms with Crippen molar-refractivity contribution in [2.75, 3.05) is 33.3 Å². The van der Waals surface area contributed by atoms with Gasteiger partial charge in [0.2, 0.25) is 0 Å². The Balaban J connectivity index is 0.00000162. The molecule has 1 heterocycles. The summed E-state index contributed by atoms with van der Waals surface area (Å²) >= 11 is 0. The highest BCUT2D eigenvalue weighted by Crippen LogP contribution is 2.12. The number of nitrogens with zero attached hydrogens (tertiary/aromatic N) is 1. The normalized spacial score (nSPS) is 20.2. The fourth-order valence-electron chi connectivity index (χ4n) is 2.29. The van der Waals surface area contributed by atoms with E-state index in [1.165, 1.54) is 12.1 Å². The highest BCUT2D eigenvalue weighted by atomic mass is 35.5. The van der Waals surface area contributed by atoms with Gasteiger partial charge in [-0.2, -0.15) is 0 Å². The summed E-state index contributed by atoms with van der Waals surface area (Å²) in [7, 11) is 1.71. The van der Waals surface area contributed by atoms with Gasteiger partial charge in [0, 0.05) is 32.2 Å². The second kappa shape index (κ2) is 7.62. The minimum Gasteiger partial charge on any atom is -0.497 e. The lowest BCUT2D eigenvalue weighted by Crippen LogP contribution is -2.49. The van der Waals surface area contributed by atoms with Crippen LogP contribution < -0.4 is 10.1 Å². The Bertz CT molecular complexity index is 342. The SMILES string of the molecule is COc1ccc(CCN2CCNC(C)C2)cc1.Cl. The van der Waals surface area contributed by atoms with Gasteiger partial charge in [0.05, 0.1) is 7.11 Å². The maximum absolute atomic E-state index is 5.16. The van der Waals surface area contributed by atoms with Crippen LogP contribution in [0.25, 0.3) is 0 Å². The highest BCUT2D eigenvalue weighted by Gasteiger charge is 2.14. The molecule has 18 heavy (non-hydrogen) atoms. The standard InChI is InChI=1S/C14H22N2O.ClH/c1-12-11-16(10-8-15-12)9-7-13-3-5-14(17-2)6-4-13;/h3-6,12,15H,7-11H2,1-2H3;1H. The van der Waals surface area contributed by atoms with Crippen molar-refractivity contribution in [2.45, 2.75) is 19.4 Å². The van der Waals surface area contributed by atoms with Crippen molar-refractivity contribution >= 4 is 12.4 Å². The van der Waals surface area contributed by atoms with Crippen molar-refractivity contribution < 1.29 is 4.74 Å². The van der Waals surface area contributed by atoms with E-state index >= 15 is 0 Å². The van der Waals surface area contributed by atoms with Crippen LogP contribution in [-0.2, 0) is 6.42 Å². The van der Waals surface area contributed by atoms with Gasteiger partial charge in [-0.1, -0.05) is 12.1 Å². The number of methoxy groups -OCH3 is 1. The Morgan fingerprint density at radius 2 is 2.06 bits per heavy atom. The molecule has 1 N–H and O–H groups in total. The minimum atomic E-state index is 0. The quantitative estimate of drug-likeness (QED) is 0.905. The van der Waals surface area contributed by atoms with Crippen molar-refractivity contribution in [1.82, 2.24) is 10.2 Å². The van der Waals surface area contributed by atoms with Crippen LogP contribution in [-0.4, -0.2) is 44.2 Å². The van der Waals surface area contributed by atoms with E-state index in [1.807, 2.05) is 12.1 Å². The summed E-state index contributed by atoms with van der Waals surface area (Å²) in [5.41, 5.74) is 1.39. The van der Waals surface area contributed by atoms with E-state index in [2.05, 4.69) is 29.3 Å². The lowest BCUT2D eigenvalue weighted by molar-refractivity contribution is 0.209. The lowest BCUT2D eigenvalue weighted by atomic mass is 10.1. The average Bonchev–Trinajstić information content (AvgIpc) is 2.37. The molecule has 1 saturated heterocycles. The van der Waals surface area contributed by atoms with E-state index in [0.29, 0.717) is 6.04 Å². The highest BCUT2D eigenvalue weighted by molar-refractivity contribution is 5.85. The van der Waals surface area contributed by atoms with Crippen LogP contribution in [0.5, 0.6) is 5.75 Å². The molecule has 1 aliphatic rings. The average molecular weight is 271 g/mol. The predicted molar refractivity (Wildman–Crippen MR) is 77.9 cm³/mol. The molecule has 1 aromatic carbocycles. The third-order valence-corrected chi connectivity index (χ3v) is 3.33. The third-order valence-electron chi connectivity index (χ3n) is 3.33. The van der Waals surface area contributed by atoms with Gasteiger partial charge < -0.3 is 15.0 Å². The van der Waals surface area contributed by atoms with E-state index in [1.54, 1.807) is 7.11 Å². The second-order valence-electron chi connectivity index (χ2n) is 4.75. The first kappa shape index (κ1) is 15.3. The smallest absolute Gasteiger partial charge is 0.118 e. The Labute approximate surface area is 116 Å². The zero-order valence-electron chi connectivity index (χ0n) is 11.2. The molecular weight excluding hydrogens is 248 g/mol. The maximum atomic E-state index is 5.16. The van der Waals surface area contributed by atoms with Gasteiger partial charge in [0.15, 0.2) is 0 Å². The van der Waals surface area contributed by atoms with Gasteiger partial charge in [-0.25, -0.2) is 0 Å². The van der Waals surface area contributed by atoms with E-state index in [4.69, 9.17) is 4.74 Å². The summed E-state index contributed by atoms with van der Waals surface area (Å²) in [6.45, 7) is 6.85. The van der Waals surface area contributed by atoms with Crippen LogP contribution >= 0.6 is 12.4 Å². The molecule has 0 amide bonds. The Morgan fingerprint density at radius 1 is 1.33 bits per heavy atom. The molecule has 1 unspecified atom stereocenters. The zero-order valence-corrected chi connectivity index (χ0v) is 12.0. The van der Waals surface area contributed by atoms with Crippen LogP contribution in [0.15, 0.2) is 24.3 Å². The number of rotatable bonds is 4. The van der Waals surface area contributed by atoms with E-state index in [-0.39, 0.29) is 12.4 Å². The molecule has 0 aliphatic carbocycles. The molecule has 3 nitrogen and oxygen atoms in total. The number of piperazine rings is 1. The van der Waals surface area contributed by atoms with Crippen LogP contribution in [0.4, 0.5) is 0 Å². The number of ether oxygens (including phenoxy) is 1. The van der Waals surface area contributed by atoms with Crippen molar-refractivity contribution in [1.29, 1.82) is 0 Å². The molecule has 4 heteroatoms. The van der Waals surface area contributed by atoms with Gasteiger partial charge >= 0.3 is 0 Å². The van der Waals surface area contributed by atoms with Gasteiger partial charge in [0.1, 0.15) is 5.75 Å². The fraction of sp³-hybridized carbons (Fsp3) is 0.571. The monoisotopic (exact) mass is 270 g/mol. The Hall–Kier alpha value is -0.770. The van der Waals surface area contributed by atoms with Crippen LogP contribution in [0.3, 0.4) is 0 Å². The molecule has 102 valence electrons. The molecule has 0 spiro atoms. The molecule has 0 radical (unpaired) electrons. The molecule has 1 atom stereocenters. The largest absolute Gasteiger partial charge is 0.497 e. The summed E-state index contributed by atoms with van der Waals surface area (Å²) < 4.78 is 5.16. The molecule has 0 saturated carbocycles. The summed E-state index contributed by atoms with van der Waals surface area (Å²) in [6, 6.07) is 9.01. The van der Waals surface area contributed by atoms with Crippen molar-refractivity contribution in [2.24, 2.45) is 0 Å². The van der Waals surface area contributed by atoms with Gasteiger partial charge in [-0.3, -0.25) is 0 Å². The molecule has 0 aromatic heterocycles. The number of halogens is 1. The first-order valence-electron chi connectivity index (χ1n) is 6.36. The molecule has 0 bridgehead atoms. The van der Waals surface area contributed by atoms with Crippen molar-refractivity contribution in [3.63, 3.8) is 0 Å². The first-order chi connectivity index (χ1) is 8.28. The number of benzene rings is 1. The first-order valence-corrected chi connectivity index (χ1v) is 6.36. The maximum Gasteiger partial charge on any atom is 0.118 e. The minimum absolute atomic E-state index is 0. The molecule has 1 aromatic rings. The third kappa shape index (κ3) is 4.48. The van der Waals surface area contributed by atoms with Gasteiger partial charge in [-0.15, -0.1) is 12.4 Å². The summed E-state index contributed by atoms with van der Waals surface area (Å²) in [5, 5.41) is 3.47. The summed E-state index contributed by atoms with van der Waals surface area (Å²) in [5.74, 6) is 0.935. The van der Waals surface area contributed by atoms with E-state index in [0.717, 1.165) is 31.8 Å². The van der Waals surface area contributed by atoms with Gasteiger partial charge in [0.25, 0.3) is 0 Å². The Kier molecular flexibility index (Phi) is 6.47. The van der Waals surface area contributed by atoms with Crippen molar-refractivity contribution in [3.05, 3.63) is 29.8 Å². The molecule has 1 aliphatic heterocycles. The van der Waals surface area contributed by atoms with Crippen LogP contribution in [0, 0.1) is 0 Å². The number of hydrogen-bond acceptors (Lipinski definition) is 3. The van der Waals surface area contributed by atoms with Crippen LogP contribution in [0.2, 0.25) is 0 Å². The van der Waals surface area contributed by atoms with Crippen molar-refractivity contribution in [3.8, 4) is 5.75 Å². The van der Waals surface area contributed by atoms with Crippen LogP contribution in [0.1, 0.15) is 12.5 Å². The zero-order chi connectivity index (χ0) is 12.1. The van der Waals surface area contributed by atoms with E-state index < -0.39 is 0 Å². The summed E-state index contributed by atoms with van der Waals surface area (Å²) in [4.78, 5) is 2.53. The predicted octanol–water partition coefficient (Wildman–Crippen LogP) is 1.95. The number of hydrogen-bond donors (Lipinski definition) is 1. The van der Waals surface area contributed by atoms with E-state index in [9.17, 15) is 0 Å².